The van der Waals surface area contributed by atoms with E-state index in [0.29, 0.717) is 19.4 Å². The molecular formula is C16H24N2O2S. The number of rotatable bonds is 5. The van der Waals surface area contributed by atoms with E-state index in [4.69, 9.17) is 0 Å². The van der Waals surface area contributed by atoms with Gasteiger partial charge in [0.1, 0.15) is 0 Å². The van der Waals surface area contributed by atoms with Crippen molar-refractivity contribution in [3.63, 3.8) is 0 Å². The monoisotopic (exact) mass is 308 g/mol. The lowest BCUT2D eigenvalue weighted by Crippen LogP contribution is -2.39. The predicted molar refractivity (Wildman–Crippen MR) is 85.2 cm³/mol. The fourth-order valence-electron chi connectivity index (χ4n) is 2.59. The average Bonchev–Trinajstić information content (AvgIpc) is 2.96. The first-order valence-electron chi connectivity index (χ1n) is 7.42. The maximum absolute atomic E-state index is 12.0. The van der Waals surface area contributed by atoms with Crippen LogP contribution >= 0.6 is 11.3 Å². The molecule has 1 aliphatic heterocycles. The van der Waals surface area contributed by atoms with E-state index in [1.165, 1.54) is 5.56 Å². The molecule has 0 radical (unpaired) electrons. The number of thiophene rings is 1. The van der Waals surface area contributed by atoms with Crippen molar-refractivity contribution in [1.29, 1.82) is 0 Å². The Bertz CT molecular complexity index is 491. The number of nitrogens with one attached hydrogen (secondary N) is 1. The van der Waals surface area contributed by atoms with Crippen LogP contribution in [0.5, 0.6) is 0 Å². The standard InChI is InChI=1S/C16H24N2O2S/c1-16(2,3)11-18-9-13(8-15(18)20)17-14(19)5-4-12-6-7-21-10-12/h6-7,10,13H,4-5,8-9,11H2,1-3H3,(H,17,19). The van der Waals surface area contributed by atoms with Gasteiger partial charge in [0.25, 0.3) is 0 Å². The second kappa shape index (κ2) is 6.60. The van der Waals surface area contributed by atoms with Crippen LogP contribution in [-0.2, 0) is 16.0 Å². The Labute approximate surface area is 130 Å². The Morgan fingerprint density at radius 1 is 1.48 bits per heavy atom. The molecule has 0 aliphatic carbocycles. The van der Waals surface area contributed by atoms with E-state index in [-0.39, 0.29) is 23.3 Å². The van der Waals surface area contributed by atoms with Crippen LogP contribution in [0.1, 0.15) is 39.2 Å². The van der Waals surface area contributed by atoms with Crippen LogP contribution in [0.25, 0.3) is 0 Å². The minimum absolute atomic E-state index is 0.0326. The van der Waals surface area contributed by atoms with E-state index in [0.717, 1.165) is 13.0 Å². The minimum Gasteiger partial charge on any atom is -0.351 e. The van der Waals surface area contributed by atoms with Crippen molar-refractivity contribution < 1.29 is 9.59 Å². The van der Waals surface area contributed by atoms with E-state index >= 15 is 0 Å². The minimum atomic E-state index is -0.0326. The Morgan fingerprint density at radius 3 is 2.86 bits per heavy atom. The van der Waals surface area contributed by atoms with Gasteiger partial charge in [-0.2, -0.15) is 11.3 Å². The first-order valence-corrected chi connectivity index (χ1v) is 8.36. The second-order valence-electron chi connectivity index (χ2n) is 6.94. The molecule has 2 heterocycles. The number of carbonyl (C=O) groups excluding carboxylic acids is 2. The van der Waals surface area contributed by atoms with Gasteiger partial charge in [-0.15, -0.1) is 0 Å². The molecule has 0 aromatic carbocycles. The van der Waals surface area contributed by atoms with Gasteiger partial charge >= 0.3 is 0 Å². The van der Waals surface area contributed by atoms with Gasteiger partial charge in [0.15, 0.2) is 0 Å². The fourth-order valence-corrected chi connectivity index (χ4v) is 3.29. The molecule has 1 aromatic heterocycles. The zero-order valence-corrected chi connectivity index (χ0v) is 13.8. The van der Waals surface area contributed by atoms with E-state index in [1.807, 2.05) is 16.3 Å². The smallest absolute Gasteiger partial charge is 0.224 e. The SMILES string of the molecule is CC(C)(C)CN1CC(NC(=O)CCc2ccsc2)CC1=O. The van der Waals surface area contributed by atoms with Crippen molar-refractivity contribution in [1.82, 2.24) is 10.2 Å². The van der Waals surface area contributed by atoms with Crippen LogP contribution in [0.3, 0.4) is 0 Å². The summed E-state index contributed by atoms with van der Waals surface area (Å²) < 4.78 is 0. The van der Waals surface area contributed by atoms with E-state index in [1.54, 1.807) is 11.3 Å². The van der Waals surface area contributed by atoms with Crippen molar-refractivity contribution in [2.24, 2.45) is 5.41 Å². The summed E-state index contributed by atoms with van der Waals surface area (Å²) in [7, 11) is 0. The third-order valence-corrected chi connectivity index (χ3v) is 4.20. The molecule has 2 rings (SSSR count). The van der Waals surface area contributed by atoms with E-state index < -0.39 is 0 Å². The van der Waals surface area contributed by atoms with Crippen molar-refractivity contribution >= 4 is 23.2 Å². The molecule has 1 saturated heterocycles. The lowest BCUT2D eigenvalue weighted by Gasteiger charge is -2.26. The molecule has 1 unspecified atom stereocenters. The molecule has 2 amide bonds. The number of nitrogens with zero attached hydrogens (tertiary/aromatic N) is 1. The van der Waals surface area contributed by atoms with Gasteiger partial charge in [-0.1, -0.05) is 20.8 Å². The number of hydrogen-bond donors (Lipinski definition) is 1. The topological polar surface area (TPSA) is 49.4 Å². The molecule has 0 bridgehead atoms. The molecule has 5 heteroatoms. The summed E-state index contributed by atoms with van der Waals surface area (Å²) in [6.07, 6.45) is 1.68. The van der Waals surface area contributed by atoms with E-state index in [2.05, 4.69) is 31.5 Å². The van der Waals surface area contributed by atoms with Gasteiger partial charge in [-0.3, -0.25) is 9.59 Å². The van der Waals surface area contributed by atoms with Crippen LogP contribution in [0.2, 0.25) is 0 Å². The number of hydrogen-bond acceptors (Lipinski definition) is 3. The highest BCUT2D eigenvalue weighted by molar-refractivity contribution is 7.07. The van der Waals surface area contributed by atoms with E-state index in [9.17, 15) is 9.59 Å². The molecule has 1 aromatic rings. The van der Waals surface area contributed by atoms with Crippen LogP contribution in [0.4, 0.5) is 0 Å². The van der Waals surface area contributed by atoms with Crippen molar-refractivity contribution in [2.45, 2.75) is 46.1 Å². The summed E-state index contributed by atoms with van der Waals surface area (Å²) in [5, 5.41) is 7.08. The summed E-state index contributed by atoms with van der Waals surface area (Å²) in [5.41, 5.74) is 1.29. The Balaban J connectivity index is 1.76. The molecule has 0 saturated carbocycles. The van der Waals surface area contributed by atoms with Gasteiger partial charge < -0.3 is 10.2 Å². The number of amides is 2. The van der Waals surface area contributed by atoms with Crippen molar-refractivity contribution in [3.05, 3.63) is 22.4 Å². The first-order chi connectivity index (χ1) is 9.83. The third kappa shape index (κ3) is 5.16. The number of carbonyl (C=O) groups is 2. The highest BCUT2D eigenvalue weighted by atomic mass is 32.1. The molecule has 1 aliphatic rings. The van der Waals surface area contributed by atoms with Crippen LogP contribution in [0, 0.1) is 5.41 Å². The highest BCUT2D eigenvalue weighted by Gasteiger charge is 2.32. The van der Waals surface area contributed by atoms with Gasteiger partial charge in [0, 0.05) is 25.9 Å². The fraction of sp³-hybridized carbons (Fsp3) is 0.625. The largest absolute Gasteiger partial charge is 0.351 e. The Morgan fingerprint density at radius 2 is 2.24 bits per heavy atom. The van der Waals surface area contributed by atoms with Gasteiger partial charge in [0.2, 0.25) is 11.8 Å². The molecular weight excluding hydrogens is 284 g/mol. The average molecular weight is 308 g/mol. The molecule has 4 nitrogen and oxygen atoms in total. The number of likely N-dealkylation sites (tertiary alicyclic amines) is 1. The quantitative estimate of drug-likeness (QED) is 0.908. The lowest BCUT2D eigenvalue weighted by molar-refractivity contribution is -0.128. The van der Waals surface area contributed by atoms with Crippen molar-refractivity contribution in [3.8, 4) is 0 Å². The lowest BCUT2D eigenvalue weighted by atomic mass is 9.96. The normalized spacial score (nSPS) is 19.1. The molecule has 0 spiro atoms. The van der Waals surface area contributed by atoms with Crippen LogP contribution in [0.15, 0.2) is 16.8 Å². The van der Waals surface area contributed by atoms with Gasteiger partial charge in [0.05, 0.1) is 6.04 Å². The molecule has 116 valence electrons. The highest BCUT2D eigenvalue weighted by Crippen LogP contribution is 2.20. The predicted octanol–water partition coefficient (Wildman–Crippen LogP) is 2.44. The second-order valence-corrected chi connectivity index (χ2v) is 7.72. The summed E-state index contributed by atoms with van der Waals surface area (Å²) in [5.74, 6) is 0.185. The zero-order chi connectivity index (χ0) is 15.5. The number of aryl methyl sites for hydroxylation is 1. The van der Waals surface area contributed by atoms with Crippen molar-refractivity contribution in [2.75, 3.05) is 13.1 Å². The summed E-state index contributed by atoms with van der Waals surface area (Å²) >= 11 is 1.65. The molecule has 1 atom stereocenters. The third-order valence-electron chi connectivity index (χ3n) is 3.47. The van der Waals surface area contributed by atoms with Gasteiger partial charge in [-0.05, 0) is 34.2 Å². The summed E-state index contributed by atoms with van der Waals surface area (Å²) in [6, 6.07) is 2.01. The molecule has 21 heavy (non-hydrogen) atoms. The zero-order valence-electron chi connectivity index (χ0n) is 13.0. The maximum Gasteiger partial charge on any atom is 0.224 e. The van der Waals surface area contributed by atoms with Crippen LogP contribution in [-0.4, -0.2) is 35.8 Å². The summed E-state index contributed by atoms with van der Waals surface area (Å²) in [4.78, 5) is 25.8. The molecule has 1 N–H and O–H groups in total. The van der Waals surface area contributed by atoms with Gasteiger partial charge in [-0.25, -0.2) is 0 Å². The Hall–Kier alpha value is -1.36. The first kappa shape index (κ1) is 16.0. The maximum atomic E-state index is 12.0. The van der Waals surface area contributed by atoms with Crippen LogP contribution < -0.4 is 5.32 Å². The Kier molecular flexibility index (Phi) is 5.04. The summed E-state index contributed by atoms with van der Waals surface area (Å²) in [6.45, 7) is 7.74. The molecule has 1 fully saturated rings.